The van der Waals surface area contributed by atoms with E-state index in [9.17, 15) is 5.11 Å². The monoisotopic (exact) mass is 205 g/mol. The number of ether oxygens (including phenoxy) is 2. The van der Waals surface area contributed by atoms with Gasteiger partial charge in [-0.1, -0.05) is 13.8 Å². The van der Waals surface area contributed by atoms with Gasteiger partial charge in [0.25, 0.3) is 0 Å². The van der Waals surface area contributed by atoms with Crippen LogP contribution in [0.5, 0.6) is 0 Å². The summed E-state index contributed by atoms with van der Waals surface area (Å²) in [6.45, 7) is 7.19. The van der Waals surface area contributed by atoms with Gasteiger partial charge in [0, 0.05) is 20.8 Å². The van der Waals surface area contributed by atoms with Gasteiger partial charge >= 0.3 is 0 Å². The minimum absolute atomic E-state index is 0.171. The van der Waals surface area contributed by atoms with Crippen LogP contribution in [-0.2, 0) is 9.47 Å². The SMILES string of the molecule is CCN(CC)CC(OC)C(O)COC. The molecule has 0 bridgehead atoms. The highest BCUT2D eigenvalue weighted by Crippen LogP contribution is 2.02. The van der Waals surface area contributed by atoms with E-state index in [4.69, 9.17) is 9.47 Å². The first-order chi connectivity index (χ1) is 6.69. The summed E-state index contributed by atoms with van der Waals surface area (Å²) < 4.78 is 10.1. The standard InChI is InChI=1S/C10H23NO3/c1-5-11(6-2)7-10(14-4)9(12)8-13-3/h9-10,12H,5-8H2,1-4H3. The molecule has 14 heavy (non-hydrogen) atoms. The summed E-state index contributed by atoms with van der Waals surface area (Å²) in [5.74, 6) is 0. The predicted molar refractivity (Wildman–Crippen MR) is 56.5 cm³/mol. The van der Waals surface area contributed by atoms with Crippen molar-refractivity contribution in [2.45, 2.75) is 26.1 Å². The van der Waals surface area contributed by atoms with Gasteiger partial charge in [0.15, 0.2) is 0 Å². The first-order valence-corrected chi connectivity index (χ1v) is 5.11. The van der Waals surface area contributed by atoms with E-state index in [1.165, 1.54) is 0 Å². The van der Waals surface area contributed by atoms with E-state index in [2.05, 4.69) is 18.7 Å². The van der Waals surface area contributed by atoms with Crippen molar-refractivity contribution in [1.82, 2.24) is 4.90 Å². The van der Waals surface area contributed by atoms with Crippen LogP contribution < -0.4 is 0 Å². The van der Waals surface area contributed by atoms with Crippen LogP contribution in [0.4, 0.5) is 0 Å². The number of aliphatic hydroxyl groups excluding tert-OH is 1. The van der Waals surface area contributed by atoms with Gasteiger partial charge in [0.05, 0.1) is 12.7 Å². The van der Waals surface area contributed by atoms with Crippen molar-refractivity contribution >= 4 is 0 Å². The van der Waals surface area contributed by atoms with E-state index in [0.29, 0.717) is 6.61 Å². The van der Waals surface area contributed by atoms with Gasteiger partial charge in [-0.15, -0.1) is 0 Å². The Hall–Kier alpha value is -0.160. The molecule has 0 aliphatic rings. The second-order valence-corrected chi connectivity index (χ2v) is 3.28. The molecule has 2 unspecified atom stereocenters. The minimum atomic E-state index is -0.550. The Morgan fingerprint density at radius 3 is 2.14 bits per heavy atom. The molecule has 4 heteroatoms. The van der Waals surface area contributed by atoms with Crippen molar-refractivity contribution in [2.24, 2.45) is 0 Å². The highest BCUT2D eigenvalue weighted by molar-refractivity contribution is 4.72. The van der Waals surface area contributed by atoms with Crippen molar-refractivity contribution in [3.8, 4) is 0 Å². The number of likely N-dealkylation sites (N-methyl/N-ethyl adjacent to an activating group) is 1. The lowest BCUT2D eigenvalue weighted by molar-refractivity contribution is -0.0583. The molecule has 0 aliphatic carbocycles. The molecule has 0 rings (SSSR count). The third kappa shape index (κ3) is 4.91. The molecule has 0 saturated carbocycles. The fourth-order valence-corrected chi connectivity index (χ4v) is 1.37. The normalized spacial score (nSPS) is 15.9. The second-order valence-electron chi connectivity index (χ2n) is 3.28. The van der Waals surface area contributed by atoms with Gasteiger partial charge in [-0.05, 0) is 13.1 Å². The van der Waals surface area contributed by atoms with E-state index in [0.717, 1.165) is 19.6 Å². The zero-order chi connectivity index (χ0) is 11.0. The molecule has 0 amide bonds. The van der Waals surface area contributed by atoms with Crippen LogP contribution in [-0.4, -0.2) is 62.7 Å². The summed E-state index contributed by atoms with van der Waals surface area (Å²) in [6, 6.07) is 0. The third-order valence-corrected chi connectivity index (χ3v) is 2.40. The molecular formula is C10H23NO3. The topological polar surface area (TPSA) is 41.9 Å². The Bertz CT molecular complexity index is 129. The van der Waals surface area contributed by atoms with E-state index in [1.54, 1.807) is 14.2 Å². The predicted octanol–water partition coefficient (Wildman–Crippen LogP) is 0.350. The highest BCUT2D eigenvalue weighted by Gasteiger charge is 2.20. The van der Waals surface area contributed by atoms with Crippen molar-refractivity contribution in [1.29, 1.82) is 0 Å². The number of nitrogens with zero attached hydrogens (tertiary/aromatic N) is 1. The molecule has 0 saturated heterocycles. The molecule has 0 aromatic rings. The summed E-state index contributed by atoms with van der Waals surface area (Å²) >= 11 is 0. The summed E-state index contributed by atoms with van der Waals surface area (Å²) in [5.41, 5.74) is 0. The Morgan fingerprint density at radius 1 is 1.21 bits per heavy atom. The number of aliphatic hydroxyl groups is 1. The average Bonchev–Trinajstić information content (AvgIpc) is 2.20. The van der Waals surface area contributed by atoms with Crippen molar-refractivity contribution in [2.75, 3.05) is 40.5 Å². The largest absolute Gasteiger partial charge is 0.388 e. The first kappa shape index (κ1) is 13.8. The third-order valence-electron chi connectivity index (χ3n) is 2.40. The average molecular weight is 205 g/mol. The Labute approximate surface area is 86.8 Å². The van der Waals surface area contributed by atoms with Crippen LogP contribution in [0.1, 0.15) is 13.8 Å². The molecule has 0 aliphatic heterocycles. The van der Waals surface area contributed by atoms with Crippen LogP contribution in [0.3, 0.4) is 0 Å². The van der Waals surface area contributed by atoms with Crippen LogP contribution in [0.15, 0.2) is 0 Å². The molecule has 2 atom stereocenters. The maximum Gasteiger partial charge on any atom is 0.105 e. The molecule has 0 radical (unpaired) electrons. The number of hydrogen-bond donors (Lipinski definition) is 1. The summed E-state index contributed by atoms with van der Waals surface area (Å²) in [6.07, 6.45) is -0.722. The van der Waals surface area contributed by atoms with E-state index in [1.807, 2.05) is 0 Å². The maximum atomic E-state index is 9.67. The molecule has 0 fully saturated rings. The quantitative estimate of drug-likeness (QED) is 0.621. The number of rotatable bonds is 8. The lowest BCUT2D eigenvalue weighted by atomic mass is 10.2. The molecule has 0 aromatic heterocycles. The van der Waals surface area contributed by atoms with Gasteiger partial charge in [-0.2, -0.15) is 0 Å². The molecule has 0 heterocycles. The summed E-state index contributed by atoms with van der Waals surface area (Å²) in [4.78, 5) is 2.22. The van der Waals surface area contributed by atoms with Crippen molar-refractivity contribution < 1.29 is 14.6 Å². The smallest absolute Gasteiger partial charge is 0.105 e. The lowest BCUT2D eigenvalue weighted by Crippen LogP contribution is -2.42. The van der Waals surface area contributed by atoms with Crippen LogP contribution in [0.25, 0.3) is 0 Å². The Balaban J connectivity index is 3.98. The fourth-order valence-electron chi connectivity index (χ4n) is 1.37. The van der Waals surface area contributed by atoms with Gasteiger partial charge in [0.1, 0.15) is 6.10 Å². The van der Waals surface area contributed by atoms with Crippen LogP contribution >= 0.6 is 0 Å². The van der Waals surface area contributed by atoms with Gasteiger partial charge in [-0.3, -0.25) is 0 Å². The van der Waals surface area contributed by atoms with E-state index in [-0.39, 0.29) is 6.10 Å². The first-order valence-electron chi connectivity index (χ1n) is 5.11. The molecule has 86 valence electrons. The molecule has 4 nitrogen and oxygen atoms in total. The van der Waals surface area contributed by atoms with Crippen LogP contribution in [0, 0.1) is 0 Å². The maximum absolute atomic E-state index is 9.67. The Morgan fingerprint density at radius 2 is 1.79 bits per heavy atom. The lowest BCUT2D eigenvalue weighted by Gasteiger charge is -2.27. The number of methoxy groups -OCH3 is 2. The highest BCUT2D eigenvalue weighted by atomic mass is 16.5. The Kier molecular flexibility index (Phi) is 8.08. The van der Waals surface area contributed by atoms with Crippen molar-refractivity contribution in [3.63, 3.8) is 0 Å². The fraction of sp³-hybridized carbons (Fsp3) is 1.00. The van der Waals surface area contributed by atoms with Gasteiger partial charge < -0.3 is 19.5 Å². The molecule has 0 aromatic carbocycles. The second kappa shape index (κ2) is 8.17. The van der Waals surface area contributed by atoms with Crippen molar-refractivity contribution in [3.05, 3.63) is 0 Å². The van der Waals surface area contributed by atoms with E-state index < -0.39 is 6.10 Å². The van der Waals surface area contributed by atoms with Crippen LogP contribution in [0.2, 0.25) is 0 Å². The van der Waals surface area contributed by atoms with Gasteiger partial charge in [-0.25, -0.2) is 0 Å². The minimum Gasteiger partial charge on any atom is -0.388 e. The molecule has 1 N–H and O–H groups in total. The summed E-state index contributed by atoms with van der Waals surface area (Å²) in [7, 11) is 3.19. The van der Waals surface area contributed by atoms with Gasteiger partial charge in [0.2, 0.25) is 0 Å². The zero-order valence-electron chi connectivity index (χ0n) is 9.69. The summed E-state index contributed by atoms with van der Waals surface area (Å²) in [5, 5.41) is 9.67. The molecular weight excluding hydrogens is 182 g/mol. The number of hydrogen-bond acceptors (Lipinski definition) is 4. The zero-order valence-corrected chi connectivity index (χ0v) is 9.69. The molecule has 0 spiro atoms. The van der Waals surface area contributed by atoms with E-state index >= 15 is 0 Å².